The van der Waals surface area contributed by atoms with Crippen LogP contribution in [0.5, 0.6) is 5.88 Å². The van der Waals surface area contributed by atoms with E-state index in [0.29, 0.717) is 17.6 Å². The van der Waals surface area contributed by atoms with Gasteiger partial charge in [-0.25, -0.2) is 9.67 Å². The topological polar surface area (TPSA) is 76.4 Å². The minimum absolute atomic E-state index is 0.0970. The van der Waals surface area contributed by atoms with Gasteiger partial charge in [-0.1, -0.05) is 11.3 Å². The number of piperidine rings is 1. The van der Waals surface area contributed by atoms with Gasteiger partial charge in [-0.3, -0.25) is 9.69 Å². The molecular formula is C20H28N6O2. The summed E-state index contributed by atoms with van der Waals surface area (Å²) < 4.78 is 7.16. The van der Waals surface area contributed by atoms with Crippen molar-refractivity contribution in [3.05, 3.63) is 35.8 Å². The smallest absolute Gasteiger partial charge is 0.275 e. The highest BCUT2D eigenvalue weighted by molar-refractivity contribution is 5.91. The molecule has 1 aliphatic heterocycles. The van der Waals surface area contributed by atoms with Crippen molar-refractivity contribution in [2.75, 3.05) is 34.3 Å². The maximum absolute atomic E-state index is 12.1. The molecule has 1 unspecified atom stereocenters. The second kappa shape index (κ2) is 7.50. The van der Waals surface area contributed by atoms with Gasteiger partial charge in [0.25, 0.3) is 5.91 Å². The van der Waals surface area contributed by atoms with Gasteiger partial charge in [-0.2, -0.15) is 0 Å². The summed E-state index contributed by atoms with van der Waals surface area (Å²) >= 11 is 0. The molecule has 0 aromatic carbocycles. The SMILES string of the molecule is COc1cccc(CN2CCC3(CCC3n3cc(C(=O)N(C)C)nn3)CC2)n1. The Balaban J connectivity index is 1.38. The van der Waals surface area contributed by atoms with E-state index in [1.165, 1.54) is 11.3 Å². The van der Waals surface area contributed by atoms with E-state index in [2.05, 4.69) is 26.3 Å². The zero-order chi connectivity index (χ0) is 19.7. The van der Waals surface area contributed by atoms with Gasteiger partial charge >= 0.3 is 0 Å². The molecule has 3 heterocycles. The van der Waals surface area contributed by atoms with E-state index in [4.69, 9.17) is 4.74 Å². The molecule has 1 saturated heterocycles. The Morgan fingerprint density at radius 1 is 1.29 bits per heavy atom. The third-order valence-electron chi connectivity index (χ3n) is 6.31. The minimum atomic E-state index is -0.0970. The number of nitrogens with zero attached hydrogens (tertiary/aromatic N) is 6. The Morgan fingerprint density at radius 3 is 2.71 bits per heavy atom. The predicted octanol–water partition coefficient (Wildman–Crippen LogP) is 2.00. The molecule has 28 heavy (non-hydrogen) atoms. The quantitative estimate of drug-likeness (QED) is 0.785. The average molecular weight is 384 g/mol. The summed E-state index contributed by atoms with van der Waals surface area (Å²) in [4.78, 5) is 20.6. The van der Waals surface area contributed by atoms with Crippen LogP contribution in [0.25, 0.3) is 0 Å². The molecule has 8 heteroatoms. The number of aromatic nitrogens is 4. The highest BCUT2D eigenvalue weighted by atomic mass is 16.5. The van der Waals surface area contributed by atoms with Crippen LogP contribution in [-0.4, -0.2) is 70.0 Å². The zero-order valence-electron chi connectivity index (χ0n) is 16.8. The van der Waals surface area contributed by atoms with Crippen LogP contribution in [0.2, 0.25) is 0 Å². The Labute approximate surface area is 165 Å². The van der Waals surface area contributed by atoms with E-state index < -0.39 is 0 Å². The summed E-state index contributed by atoms with van der Waals surface area (Å²) in [5.74, 6) is 0.569. The van der Waals surface area contributed by atoms with E-state index in [9.17, 15) is 4.79 Å². The number of likely N-dealkylation sites (tertiary alicyclic amines) is 1. The lowest BCUT2D eigenvalue weighted by molar-refractivity contribution is -0.0336. The number of carbonyl (C=O) groups excluding carboxylic acids is 1. The molecule has 1 aliphatic carbocycles. The minimum Gasteiger partial charge on any atom is -0.481 e. The van der Waals surface area contributed by atoms with E-state index in [1.807, 2.05) is 23.0 Å². The number of ether oxygens (including phenoxy) is 1. The molecule has 1 atom stereocenters. The maximum Gasteiger partial charge on any atom is 0.275 e. The van der Waals surface area contributed by atoms with Crippen molar-refractivity contribution in [1.82, 2.24) is 29.8 Å². The Morgan fingerprint density at radius 2 is 2.07 bits per heavy atom. The fourth-order valence-corrected chi connectivity index (χ4v) is 4.48. The summed E-state index contributed by atoms with van der Waals surface area (Å²) in [5.41, 5.74) is 1.75. The van der Waals surface area contributed by atoms with Crippen LogP contribution in [0.4, 0.5) is 0 Å². The van der Waals surface area contributed by atoms with E-state index >= 15 is 0 Å². The Hall–Kier alpha value is -2.48. The van der Waals surface area contributed by atoms with Crippen LogP contribution in [0.1, 0.15) is 47.9 Å². The molecule has 2 aromatic rings. The average Bonchev–Trinajstić information content (AvgIpc) is 3.16. The van der Waals surface area contributed by atoms with E-state index in [0.717, 1.165) is 44.6 Å². The normalized spacial score (nSPS) is 21.3. The van der Waals surface area contributed by atoms with Gasteiger partial charge < -0.3 is 9.64 Å². The van der Waals surface area contributed by atoms with E-state index in [-0.39, 0.29) is 11.3 Å². The molecule has 4 rings (SSSR count). The lowest BCUT2D eigenvalue weighted by Crippen LogP contribution is -2.49. The number of carbonyl (C=O) groups is 1. The van der Waals surface area contributed by atoms with Crippen LogP contribution in [0.15, 0.2) is 24.4 Å². The van der Waals surface area contributed by atoms with Gasteiger partial charge in [0.05, 0.1) is 25.0 Å². The molecule has 2 fully saturated rings. The highest BCUT2D eigenvalue weighted by Crippen LogP contribution is 2.56. The summed E-state index contributed by atoms with van der Waals surface area (Å²) in [6, 6.07) is 6.27. The first-order valence-electron chi connectivity index (χ1n) is 9.86. The van der Waals surface area contributed by atoms with Gasteiger partial charge in [0.1, 0.15) is 0 Å². The van der Waals surface area contributed by atoms with Crippen molar-refractivity contribution in [1.29, 1.82) is 0 Å². The fraction of sp³-hybridized carbons (Fsp3) is 0.600. The van der Waals surface area contributed by atoms with Gasteiger partial charge in [-0.05, 0) is 50.3 Å². The molecule has 0 bridgehead atoms. The third-order valence-corrected chi connectivity index (χ3v) is 6.31. The predicted molar refractivity (Wildman–Crippen MR) is 104 cm³/mol. The maximum atomic E-state index is 12.1. The van der Waals surface area contributed by atoms with Gasteiger partial charge in [-0.15, -0.1) is 5.10 Å². The lowest BCUT2D eigenvalue weighted by Gasteiger charge is -2.53. The molecule has 2 aromatic heterocycles. The second-order valence-corrected chi connectivity index (χ2v) is 8.15. The first-order chi connectivity index (χ1) is 13.5. The molecule has 1 amide bonds. The van der Waals surface area contributed by atoms with Gasteiger partial charge in [0.2, 0.25) is 5.88 Å². The summed E-state index contributed by atoms with van der Waals surface area (Å²) in [5, 5.41) is 8.38. The van der Waals surface area contributed by atoms with Gasteiger partial charge in [0.15, 0.2) is 5.69 Å². The van der Waals surface area contributed by atoms with Crippen LogP contribution in [0.3, 0.4) is 0 Å². The first-order valence-corrected chi connectivity index (χ1v) is 9.86. The monoisotopic (exact) mass is 384 g/mol. The van der Waals surface area contributed by atoms with Crippen LogP contribution < -0.4 is 4.74 Å². The molecule has 8 nitrogen and oxygen atoms in total. The molecule has 1 spiro atoms. The zero-order valence-corrected chi connectivity index (χ0v) is 16.8. The largest absolute Gasteiger partial charge is 0.481 e. The molecule has 1 saturated carbocycles. The molecule has 0 radical (unpaired) electrons. The number of amides is 1. The Bertz CT molecular complexity index is 841. The number of methoxy groups -OCH3 is 1. The number of pyridine rings is 1. The lowest BCUT2D eigenvalue weighted by atomic mass is 9.59. The van der Waals surface area contributed by atoms with Crippen molar-refractivity contribution >= 4 is 5.91 Å². The molecule has 0 N–H and O–H groups in total. The standard InChI is InChI=1S/C20H28N6O2/c1-24(2)19(27)16-14-26(23-22-16)17-7-8-20(17)9-11-25(12-10-20)13-15-5-4-6-18(21-15)28-3/h4-6,14,17H,7-13H2,1-3H3. The summed E-state index contributed by atoms with van der Waals surface area (Å²) in [7, 11) is 5.12. The van der Waals surface area contributed by atoms with Crippen molar-refractivity contribution in [3.8, 4) is 5.88 Å². The molecular weight excluding hydrogens is 356 g/mol. The van der Waals surface area contributed by atoms with E-state index in [1.54, 1.807) is 21.2 Å². The van der Waals surface area contributed by atoms with Gasteiger partial charge in [0, 0.05) is 26.7 Å². The number of rotatable bonds is 5. The number of hydrogen-bond donors (Lipinski definition) is 0. The first kappa shape index (κ1) is 18.9. The highest BCUT2D eigenvalue weighted by Gasteiger charge is 2.49. The molecule has 150 valence electrons. The Kier molecular flexibility index (Phi) is 5.05. The van der Waals surface area contributed by atoms with Crippen molar-refractivity contribution < 1.29 is 9.53 Å². The van der Waals surface area contributed by atoms with Crippen LogP contribution in [0, 0.1) is 5.41 Å². The van der Waals surface area contributed by atoms with Crippen molar-refractivity contribution in [3.63, 3.8) is 0 Å². The molecule has 2 aliphatic rings. The number of hydrogen-bond acceptors (Lipinski definition) is 6. The third kappa shape index (κ3) is 3.48. The second-order valence-electron chi connectivity index (χ2n) is 8.15. The van der Waals surface area contributed by atoms with Crippen molar-refractivity contribution in [2.45, 2.75) is 38.3 Å². The van der Waals surface area contributed by atoms with Crippen molar-refractivity contribution in [2.24, 2.45) is 5.41 Å². The van der Waals surface area contributed by atoms with Crippen LogP contribution in [-0.2, 0) is 6.54 Å². The van der Waals surface area contributed by atoms with Crippen LogP contribution >= 0.6 is 0 Å². The summed E-state index contributed by atoms with van der Waals surface area (Å²) in [6.45, 7) is 2.95. The summed E-state index contributed by atoms with van der Waals surface area (Å²) in [6.07, 6.45) is 6.42. The fourth-order valence-electron chi connectivity index (χ4n) is 4.48.